The lowest BCUT2D eigenvalue weighted by Crippen LogP contribution is -2.34. The number of anilines is 1. The summed E-state index contributed by atoms with van der Waals surface area (Å²) in [5.41, 5.74) is 4.16. The third kappa shape index (κ3) is 3.46. The molecule has 0 aromatic carbocycles. The number of rotatable bonds is 3. The quantitative estimate of drug-likeness (QED) is 0.721. The Balaban J connectivity index is 0.000000671. The zero-order valence-corrected chi connectivity index (χ0v) is 9.20. The highest BCUT2D eigenvalue weighted by Crippen LogP contribution is 2.07. The van der Waals surface area contributed by atoms with E-state index in [0.29, 0.717) is 0 Å². The molecular weight excluding hydrogens is 164 g/mol. The van der Waals surface area contributed by atoms with Crippen LogP contribution in [0.2, 0.25) is 0 Å². The second-order valence-corrected chi connectivity index (χ2v) is 2.34. The van der Waals surface area contributed by atoms with E-state index in [1.807, 2.05) is 45.3 Å². The van der Waals surface area contributed by atoms with Crippen molar-refractivity contribution in [2.45, 2.75) is 20.8 Å². The highest BCUT2D eigenvalue weighted by atomic mass is 15.5. The third-order valence-electron chi connectivity index (χ3n) is 1.59. The number of hydrogen-bond acceptors (Lipinski definition) is 3. The molecule has 13 heavy (non-hydrogen) atoms. The molecule has 76 valence electrons. The van der Waals surface area contributed by atoms with Gasteiger partial charge in [0.2, 0.25) is 0 Å². The molecule has 0 unspecified atom stereocenters. The van der Waals surface area contributed by atoms with Crippen LogP contribution in [0.5, 0.6) is 0 Å². The van der Waals surface area contributed by atoms with Gasteiger partial charge >= 0.3 is 0 Å². The Morgan fingerprint density at radius 1 is 1.54 bits per heavy atom. The molecule has 1 rings (SSSR count). The van der Waals surface area contributed by atoms with Crippen molar-refractivity contribution in [3.63, 3.8) is 0 Å². The van der Waals surface area contributed by atoms with Gasteiger partial charge < -0.3 is 5.01 Å². The van der Waals surface area contributed by atoms with E-state index in [2.05, 4.69) is 17.4 Å². The summed E-state index contributed by atoms with van der Waals surface area (Å²) in [4.78, 5) is 0. The Hall–Kier alpha value is -1.03. The lowest BCUT2D eigenvalue weighted by atomic mass is 10.5. The Morgan fingerprint density at radius 2 is 2.15 bits per heavy atom. The number of aromatic nitrogens is 2. The second-order valence-electron chi connectivity index (χ2n) is 2.34. The van der Waals surface area contributed by atoms with Crippen molar-refractivity contribution in [3.05, 3.63) is 12.4 Å². The van der Waals surface area contributed by atoms with Gasteiger partial charge in [-0.1, -0.05) is 13.8 Å². The monoisotopic (exact) mass is 184 g/mol. The summed E-state index contributed by atoms with van der Waals surface area (Å²) in [6, 6.07) is 0. The molecule has 0 saturated heterocycles. The molecule has 1 N–H and O–H groups in total. The molecule has 0 saturated carbocycles. The van der Waals surface area contributed by atoms with Crippen LogP contribution in [0, 0.1) is 0 Å². The molecule has 1 heterocycles. The molecule has 0 aliphatic rings. The fraction of sp³-hybridized carbons (Fsp3) is 0.667. The molecule has 0 amide bonds. The predicted molar refractivity (Wildman–Crippen MR) is 56.6 cm³/mol. The minimum Gasteiger partial charge on any atom is -0.306 e. The molecule has 0 fully saturated rings. The molecule has 1 aromatic rings. The molecule has 0 spiro atoms. The first kappa shape index (κ1) is 12.0. The van der Waals surface area contributed by atoms with Crippen LogP contribution < -0.4 is 10.4 Å². The maximum atomic E-state index is 4.07. The first-order valence-corrected chi connectivity index (χ1v) is 4.71. The van der Waals surface area contributed by atoms with Gasteiger partial charge in [0.1, 0.15) is 0 Å². The maximum Gasteiger partial charge on any atom is 0.0899 e. The standard InChI is InChI=1S/C7H14N4.C2H6/c1-4-11(8-2)7-5-9-10(3)6-7;1-2/h5-6,8H,4H2,1-3H3;1-2H3. The molecule has 0 radical (unpaired) electrons. The van der Waals surface area contributed by atoms with Crippen LogP contribution in [0.4, 0.5) is 5.69 Å². The largest absolute Gasteiger partial charge is 0.306 e. The van der Waals surface area contributed by atoms with Gasteiger partial charge in [0, 0.05) is 26.8 Å². The molecule has 0 atom stereocenters. The SMILES string of the molecule is CC.CCN(NC)c1cnn(C)c1. The van der Waals surface area contributed by atoms with Crippen molar-refractivity contribution in [3.8, 4) is 0 Å². The summed E-state index contributed by atoms with van der Waals surface area (Å²) in [6.07, 6.45) is 3.81. The van der Waals surface area contributed by atoms with Gasteiger partial charge in [-0.15, -0.1) is 0 Å². The summed E-state index contributed by atoms with van der Waals surface area (Å²) >= 11 is 0. The van der Waals surface area contributed by atoms with Crippen molar-refractivity contribution in [2.24, 2.45) is 7.05 Å². The normalized spacial score (nSPS) is 9.00. The van der Waals surface area contributed by atoms with Crippen LogP contribution in [-0.4, -0.2) is 23.4 Å². The van der Waals surface area contributed by atoms with E-state index in [1.165, 1.54) is 0 Å². The summed E-state index contributed by atoms with van der Waals surface area (Å²) in [7, 11) is 3.81. The fourth-order valence-corrected chi connectivity index (χ4v) is 1.02. The van der Waals surface area contributed by atoms with Gasteiger partial charge in [0.15, 0.2) is 0 Å². The zero-order valence-electron chi connectivity index (χ0n) is 9.20. The van der Waals surface area contributed by atoms with E-state index in [-0.39, 0.29) is 0 Å². The van der Waals surface area contributed by atoms with Crippen molar-refractivity contribution in [1.82, 2.24) is 15.2 Å². The third-order valence-corrected chi connectivity index (χ3v) is 1.59. The highest BCUT2D eigenvalue weighted by Gasteiger charge is 2.01. The van der Waals surface area contributed by atoms with Crippen LogP contribution in [-0.2, 0) is 7.05 Å². The Labute approximate surface area is 80.5 Å². The van der Waals surface area contributed by atoms with E-state index in [0.717, 1.165) is 12.2 Å². The number of nitrogens with one attached hydrogen (secondary N) is 1. The van der Waals surface area contributed by atoms with Crippen molar-refractivity contribution in [2.75, 3.05) is 18.6 Å². The van der Waals surface area contributed by atoms with Crippen molar-refractivity contribution < 1.29 is 0 Å². The Morgan fingerprint density at radius 3 is 2.46 bits per heavy atom. The lowest BCUT2D eigenvalue weighted by molar-refractivity contribution is 0.724. The Bertz CT molecular complexity index is 215. The highest BCUT2D eigenvalue weighted by molar-refractivity contribution is 5.40. The van der Waals surface area contributed by atoms with Crippen LogP contribution in [0.1, 0.15) is 20.8 Å². The van der Waals surface area contributed by atoms with E-state index in [1.54, 1.807) is 4.68 Å². The van der Waals surface area contributed by atoms with Gasteiger partial charge in [-0.25, -0.2) is 5.43 Å². The summed E-state index contributed by atoms with van der Waals surface area (Å²) in [6.45, 7) is 7.02. The molecule has 0 bridgehead atoms. The number of hydrazine groups is 1. The molecular formula is C9H20N4. The molecule has 1 aromatic heterocycles. The first-order valence-electron chi connectivity index (χ1n) is 4.71. The summed E-state index contributed by atoms with van der Waals surface area (Å²) in [5, 5.41) is 6.09. The first-order chi connectivity index (χ1) is 6.27. The predicted octanol–water partition coefficient (Wildman–Crippen LogP) is 1.41. The molecule has 4 nitrogen and oxygen atoms in total. The lowest BCUT2D eigenvalue weighted by Gasteiger charge is -2.18. The Kier molecular flexibility index (Phi) is 5.97. The molecule has 0 aliphatic carbocycles. The van der Waals surface area contributed by atoms with Crippen molar-refractivity contribution in [1.29, 1.82) is 0 Å². The van der Waals surface area contributed by atoms with E-state index in [4.69, 9.17) is 0 Å². The van der Waals surface area contributed by atoms with Crippen LogP contribution in [0.3, 0.4) is 0 Å². The topological polar surface area (TPSA) is 33.1 Å². The number of nitrogens with zero attached hydrogens (tertiary/aromatic N) is 3. The van der Waals surface area contributed by atoms with Crippen LogP contribution >= 0.6 is 0 Å². The molecule has 4 heteroatoms. The fourth-order valence-electron chi connectivity index (χ4n) is 1.02. The second kappa shape index (κ2) is 6.48. The van der Waals surface area contributed by atoms with E-state index in [9.17, 15) is 0 Å². The average molecular weight is 184 g/mol. The summed E-state index contributed by atoms with van der Waals surface area (Å²) in [5.74, 6) is 0. The number of aryl methyl sites for hydroxylation is 1. The summed E-state index contributed by atoms with van der Waals surface area (Å²) < 4.78 is 1.79. The van der Waals surface area contributed by atoms with Gasteiger partial charge in [0.25, 0.3) is 0 Å². The van der Waals surface area contributed by atoms with Gasteiger partial charge in [-0.2, -0.15) is 5.10 Å². The van der Waals surface area contributed by atoms with Gasteiger partial charge in [-0.05, 0) is 6.92 Å². The van der Waals surface area contributed by atoms with Crippen molar-refractivity contribution >= 4 is 5.69 Å². The van der Waals surface area contributed by atoms with Crippen LogP contribution in [0.15, 0.2) is 12.4 Å². The smallest absolute Gasteiger partial charge is 0.0899 e. The van der Waals surface area contributed by atoms with E-state index < -0.39 is 0 Å². The average Bonchev–Trinajstić information content (AvgIpc) is 2.58. The van der Waals surface area contributed by atoms with Crippen LogP contribution in [0.25, 0.3) is 0 Å². The molecule has 0 aliphatic heterocycles. The number of hydrogen-bond donors (Lipinski definition) is 1. The minimum absolute atomic E-state index is 0.933. The van der Waals surface area contributed by atoms with Gasteiger partial charge in [0.05, 0.1) is 11.9 Å². The van der Waals surface area contributed by atoms with E-state index >= 15 is 0 Å². The van der Waals surface area contributed by atoms with Gasteiger partial charge in [-0.3, -0.25) is 4.68 Å². The minimum atomic E-state index is 0.933. The maximum absolute atomic E-state index is 4.07. The zero-order chi connectivity index (χ0) is 10.3.